The first-order valence-corrected chi connectivity index (χ1v) is 9.96. The maximum Gasteiger partial charge on any atom is 0.233 e. The third kappa shape index (κ3) is 3.57. The average molecular weight is 361 g/mol. The molecule has 1 amide bonds. The molecule has 2 aromatic carbocycles. The number of benzene rings is 2. The standard InChI is InChI=1S/C24H27NO2/c26-22-12-7-15-24(18-22,21-10-5-2-6-11-21)23(27)25-16-13-20(14-17-25)19-8-3-1-4-9-19/h1-6,8-11,13,22,26H,7,12,14-18H2/t22?,24-/m0/s1. The molecule has 1 aliphatic carbocycles. The van der Waals surface area contributed by atoms with Crippen LogP contribution in [-0.4, -0.2) is 35.1 Å². The summed E-state index contributed by atoms with van der Waals surface area (Å²) in [6, 6.07) is 20.5. The van der Waals surface area contributed by atoms with Gasteiger partial charge in [0.15, 0.2) is 0 Å². The van der Waals surface area contributed by atoms with Gasteiger partial charge in [-0.25, -0.2) is 0 Å². The Labute approximate surface area is 161 Å². The Balaban J connectivity index is 1.59. The largest absolute Gasteiger partial charge is 0.393 e. The van der Waals surface area contributed by atoms with E-state index in [-0.39, 0.29) is 5.91 Å². The first-order chi connectivity index (χ1) is 13.2. The molecule has 0 radical (unpaired) electrons. The lowest BCUT2D eigenvalue weighted by molar-refractivity contribution is -0.140. The first kappa shape index (κ1) is 18.0. The van der Waals surface area contributed by atoms with Gasteiger partial charge >= 0.3 is 0 Å². The molecule has 140 valence electrons. The Morgan fingerprint density at radius 1 is 1.04 bits per heavy atom. The van der Waals surface area contributed by atoms with E-state index in [9.17, 15) is 9.90 Å². The smallest absolute Gasteiger partial charge is 0.233 e. The lowest BCUT2D eigenvalue weighted by Gasteiger charge is -2.42. The molecule has 1 unspecified atom stereocenters. The van der Waals surface area contributed by atoms with E-state index in [1.165, 1.54) is 11.1 Å². The number of aliphatic hydroxyl groups is 1. The van der Waals surface area contributed by atoms with Crippen LogP contribution in [0.4, 0.5) is 0 Å². The van der Waals surface area contributed by atoms with Gasteiger partial charge in [0.05, 0.1) is 11.5 Å². The third-order valence-electron chi connectivity index (χ3n) is 6.10. The monoisotopic (exact) mass is 361 g/mol. The second kappa shape index (κ2) is 7.69. The van der Waals surface area contributed by atoms with Crippen molar-refractivity contribution in [3.8, 4) is 0 Å². The number of carbonyl (C=O) groups excluding carboxylic acids is 1. The van der Waals surface area contributed by atoms with Crippen molar-refractivity contribution in [3.63, 3.8) is 0 Å². The fraction of sp³-hybridized carbons (Fsp3) is 0.375. The number of amides is 1. The van der Waals surface area contributed by atoms with Crippen molar-refractivity contribution in [1.29, 1.82) is 0 Å². The van der Waals surface area contributed by atoms with Crippen molar-refractivity contribution in [1.82, 2.24) is 4.90 Å². The van der Waals surface area contributed by atoms with Gasteiger partial charge in [-0.15, -0.1) is 0 Å². The van der Waals surface area contributed by atoms with Crippen molar-refractivity contribution in [3.05, 3.63) is 77.9 Å². The summed E-state index contributed by atoms with van der Waals surface area (Å²) >= 11 is 0. The number of aliphatic hydroxyl groups excluding tert-OH is 1. The normalized spacial score (nSPS) is 25.7. The minimum absolute atomic E-state index is 0.177. The van der Waals surface area contributed by atoms with Gasteiger partial charge in [-0.05, 0) is 48.8 Å². The molecule has 1 fully saturated rings. The van der Waals surface area contributed by atoms with E-state index in [2.05, 4.69) is 30.3 Å². The van der Waals surface area contributed by atoms with E-state index in [1.807, 2.05) is 41.3 Å². The van der Waals surface area contributed by atoms with E-state index >= 15 is 0 Å². The number of carbonyl (C=O) groups is 1. The topological polar surface area (TPSA) is 40.5 Å². The van der Waals surface area contributed by atoms with Gasteiger partial charge in [0.25, 0.3) is 0 Å². The van der Waals surface area contributed by atoms with Crippen LogP contribution < -0.4 is 0 Å². The summed E-state index contributed by atoms with van der Waals surface area (Å²) in [6.07, 6.45) is 5.70. The van der Waals surface area contributed by atoms with E-state index < -0.39 is 11.5 Å². The summed E-state index contributed by atoms with van der Waals surface area (Å²) in [5.41, 5.74) is 3.02. The van der Waals surface area contributed by atoms with Crippen LogP contribution in [0.3, 0.4) is 0 Å². The van der Waals surface area contributed by atoms with Gasteiger partial charge in [0.2, 0.25) is 5.91 Å². The molecule has 0 spiro atoms. The zero-order valence-corrected chi connectivity index (χ0v) is 15.7. The molecule has 27 heavy (non-hydrogen) atoms. The molecule has 2 aliphatic rings. The zero-order chi connectivity index (χ0) is 18.7. The number of rotatable bonds is 3. The fourth-order valence-electron chi connectivity index (χ4n) is 4.65. The highest BCUT2D eigenvalue weighted by molar-refractivity contribution is 5.89. The second-order valence-electron chi connectivity index (χ2n) is 7.79. The Morgan fingerprint density at radius 2 is 1.74 bits per heavy atom. The van der Waals surface area contributed by atoms with Gasteiger partial charge in [0.1, 0.15) is 0 Å². The summed E-state index contributed by atoms with van der Waals surface area (Å²) in [5, 5.41) is 10.4. The average Bonchev–Trinajstić information content (AvgIpc) is 2.74. The quantitative estimate of drug-likeness (QED) is 0.891. The van der Waals surface area contributed by atoms with Crippen LogP contribution >= 0.6 is 0 Å². The molecule has 1 N–H and O–H groups in total. The van der Waals surface area contributed by atoms with Crippen LogP contribution in [0.5, 0.6) is 0 Å². The lowest BCUT2D eigenvalue weighted by atomic mass is 9.67. The maximum absolute atomic E-state index is 13.6. The summed E-state index contributed by atoms with van der Waals surface area (Å²) in [4.78, 5) is 15.6. The third-order valence-corrected chi connectivity index (χ3v) is 6.10. The second-order valence-corrected chi connectivity index (χ2v) is 7.79. The molecule has 0 saturated heterocycles. The van der Waals surface area contributed by atoms with Crippen LogP contribution in [0, 0.1) is 0 Å². The van der Waals surface area contributed by atoms with Crippen molar-refractivity contribution in [2.24, 2.45) is 0 Å². The van der Waals surface area contributed by atoms with Gasteiger partial charge in [-0.1, -0.05) is 66.7 Å². The summed E-state index contributed by atoms with van der Waals surface area (Å²) in [7, 11) is 0. The predicted molar refractivity (Wildman–Crippen MR) is 108 cm³/mol. The summed E-state index contributed by atoms with van der Waals surface area (Å²) in [6.45, 7) is 1.39. The number of hydrogen-bond donors (Lipinski definition) is 1. The fourth-order valence-corrected chi connectivity index (χ4v) is 4.65. The molecule has 2 atom stereocenters. The Bertz CT molecular complexity index is 815. The molecule has 3 heteroatoms. The minimum Gasteiger partial charge on any atom is -0.393 e. The van der Waals surface area contributed by atoms with Crippen molar-refractivity contribution >= 4 is 11.5 Å². The molecule has 1 saturated carbocycles. The molecular formula is C24H27NO2. The zero-order valence-electron chi connectivity index (χ0n) is 15.7. The van der Waals surface area contributed by atoms with Crippen LogP contribution in [-0.2, 0) is 10.2 Å². The van der Waals surface area contributed by atoms with Crippen molar-refractivity contribution in [2.75, 3.05) is 13.1 Å². The van der Waals surface area contributed by atoms with E-state index in [1.54, 1.807) is 0 Å². The molecule has 0 aromatic heterocycles. The Kier molecular flexibility index (Phi) is 5.13. The van der Waals surface area contributed by atoms with Crippen molar-refractivity contribution in [2.45, 2.75) is 43.6 Å². The summed E-state index contributed by atoms with van der Waals surface area (Å²) in [5.74, 6) is 0.177. The van der Waals surface area contributed by atoms with Crippen LogP contribution in [0.1, 0.15) is 43.2 Å². The summed E-state index contributed by atoms with van der Waals surface area (Å²) < 4.78 is 0. The molecule has 1 aliphatic heterocycles. The lowest BCUT2D eigenvalue weighted by Crippen LogP contribution is -2.51. The molecule has 4 rings (SSSR count). The van der Waals surface area contributed by atoms with Crippen LogP contribution in [0.2, 0.25) is 0 Å². The molecule has 0 bridgehead atoms. The van der Waals surface area contributed by atoms with E-state index in [0.29, 0.717) is 13.0 Å². The van der Waals surface area contributed by atoms with Crippen LogP contribution in [0.25, 0.3) is 5.57 Å². The Hall–Kier alpha value is -2.39. The Morgan fingerprint density at radius 3 is 2.37 bits per heavy atom. The molecule has 2 aromatic rings. The SMILES string of the molecule is O=C(N1CC=C(c2ccccc2)CC1)[C@@]1(c2ccccc2)CCCC(O)C1. The highest BCUT2D eigenvalue weighted by atomic mass is 16.3. The van der Waals surface area contributed by atoms with Gasteiger partial charge in [0, 0.05) is 13.1 Å². The van der Waals surface area contributed by atoms with Crippen LogP contribution in [0.15, 0.2) is 66.7 Å². The minimum atomic E-state index is -0.586. The maximum atomic E-state index is 13.6. The molecule has 3 nitrogen and oxygen atoms in total. The molecule has 1 heterocycles. The number of hydrogen-bond acceptors (Lipinski definition) is 2. The van der Waals surface area contributed by atoms with Crippen molar-refractivity contribution < 1.29 is 9.90 Å². The molecular weight excluding hydrogens is 334 g/mol. The van der Waals surface area contributed by atoms with E-state index in [4.69, 9.17) is 0 Å². The highest BCUT2D eigenvalue weighted by Gasteiger charge is 2.46. The van der Waals surface area contributed by atoms with Gasteiger partial charge in [-0.3, -0.25) is 4.79 Å². The van der Waals surface area contributed by atoms with Gasteiger partial charge < -0.3 is 10.0 Å². The predicted octanol–water partition coefficient (Wildman–Crippen LogP) is 4.18. The highest BCUT2D eigenvalue weighted by Crippen LogP contribution is 2.41. The van der Waals surface area contributed by atoms with E-state index in [0.717, 1.165) is 37.8 Å². The first-order valence-electron chi connectivity index (χ1n) is 9.96. The number of nitrogens with zero attached hydrogens (tertiary/aromatic N) is 1. The van der Waals surface area contributed by atoms with Gasteiger partial charge in [-0.2, -0.15) is 0 Å².